The van der Waals surface area contributed by atoms with Gasteiger partial charge in [0.25, 0.3) is 0 Å². The molecule has 0 aromatic rings. The van der Waals surface area contributed by atoms with E-state index in [0.29, 0.717) is 45.5 Å². The topological polar surface area (TPSA) is 106 Å². The van der Waals surface area contributed by atoms with Crippen LogP contribution in [0, 0.1) is 0 Å². The molecular formula is C51H100N2O7. The Bertz CT molecular complexity index is 878. The zero-order chi connectivity index (χ0) is 43.8. The van der Waals surface area contributed by atoms with Gasteiger partial charge < -0.3 is 29.1 Å². The van der Waals surface area contributed by atoms with Crippen molar-refractivity contribution in [3.05, 3.63) is 0 Å². The molecule has 0 aromatic heterocycles. The number of carbonyl (C=O) groups excluding carboxylic acids is 3. The van der Waals surface area contributed by atoms with Crippen molar-refractivity contribution >= 4 is 17.9 Å². The third kappa shape index (κ3) is 44.3. The van der Waals surface area contributed by atoms with Crippen LogP contribution >= 0.6 is 0 Å². The Hall–Kier alpha value is -1.71. The maximum Gasteiger partial charge on any atom is 0.305 e. The lowest BCUT2D eigenvalue weighted by molar-refractivity contribution is -0.145. The van der Waals surface area contributed by atoms with E-state index in [1.54, 1.807) is 0 Å². The van der Waals surface area contributed by atoms with E-state index < -0.39 is 0 Å². The molecular weight excluding hydrogens is 753 g/mol. The van der Waals surface area contributed by atoms with Gasteiger partial charge in [-0.3, -0.25) is 14.4 Å². The summed E-state index contributed by atoms with van der Waals surface area (Å²) < 4.78 is 16.7. The SMILES string of the molecule is CCCCCCCCCCCOC(=O)CCCN(CCCO)CCCN(CCCC(=O)OCCCCCCCCCCC)CCCC(=O)OCCCCCCCCCCC. The Balaban J connectivity index is 4.62. The molecule has 0 aliphatic rings. The molecule has 0 spiro atoms. The summed E-state index contributed by atoms with van der Waals surface area (Å²) >= 11 is 0. The minimum absolute atomic E-state index is 0.110. The predicted molar refractivity (Wildman–Crippen MR) is 251 cm³/mol. The number of rotatable bonds is 49. The lowest BCUT2D eigenvalue weighted by Crippen LogP contribution is -2.33. The molecule has 0 bridgehead atoms. The van der Waals surface area contributed by atoms with Gasteiger partial charge in [-0.25, -0.2) is 0 Å². The zero-order valence-electron chi connectivity index (χ0n) is 40.1. The van der Waals surface area contributed by atoms with Crippen LogP contribution in [-0.4, -0.2) is 98.5 Å². The van der Waals surface area contributed by atoms with Crippen LogP contribution in [0.3, 0.4) is 0 Å². The molecule has 356 valence electrons. The van der Waals surface area contributed by atoms with E-state index in [2.05, 4.69) is 30.6 Å². The lowest BCUT2D eigenvalue weighted by atomic mass is 10.1. The van der Waals surface area contributed by atoms with Crippen LogP contribution in [0.4, 0.5) is 0 Å². The number of carbonyl (C=O) groups is 3. The lowest BCUT2D eigenvalue weighted by Gasteiger charge is -2.26. The van der Waals surface area contributed by atoms with Gasteiger partial charge in [-0.05, 0) is 84.1 Å². The van der Waals surface area contributed by atoms with E-state index >= 15 is 0 Å². The second-order valence-corrected chi connectivity index (χ2v) is 17.6. The molecule has 9 nitrogen and oxygen atoms in total. The molecule has 0 saturated heterocycles. The summed E-state index contributed by atoms with van der Waals surface area (Å²) in [5, 5.41) is 9.54. The highest BCUT2D eigenvalue weighted by Crippen LogP contribution is 2.13. The van der Waals surface area contributed by atoms with Crippen LogP contribution in [0.1, 0.15) is 245 Å². The number of aliphatic hydroxyl groups excluding tert-OH is 1. The minimum Gasteiger partial charge on any atom is -0.466 e. The largest absolute Gasteiger partial charge is 0.466 e. The van der Waals surface area contributed by atoms with Crippen molar-refractivity contribution in [3.8, 4) is 0 Å². The highest BCUT2D eigenvalue weighted by Gasteiger charge is 2.13. The van der Waals surface area contributed by atoms with Gasteiger partial charge in [0.2, 0.25) is 0 Å². The van der Waals surface area contributed by atoms with Crippen molar-refractivity contribution in [2.24, 2.45) is 0 Å². The molecule has 0 aromatic carbocycles. The third-order valence-electron chi connectivity index (χ3n) is 11.7. The van der Waals surface area contributed by atoms with E-state index in [4.69, 9.17) is 14.2 Å². The second kappa shape index (κ2) is 48.3. The zero-order valence-corrected chi connectivity index (χ0v) is 40.1. The molecule has 0 heterocycles. The molecule has 0 unspecified atom stereocenters. The van der Waals surface area contributed by atoms with Crippen LogP contribution in [0.2, 0.25) is 0 Å². The van der Waals surface area contributed by atoms with Crippen molar-refractivity contribution < 1.29 is 33.7 Å². The van der Waals surface area contributed by atoms with Crippen LogP contribution in [0.15, 0.2) is 0 Å². The average molecular weight is 853 g/mol. The predicted octanol–water partition coefficient (Wildman–Crippen LogP) is 12.9. The summed E-state index contributed by atoms with van der Waals surface area (Å²) in [6, 6.07) is 0. The summed E-state index contributed by atoms with van der Waals surface area (Å²) in [4.78, 5) is 42.2. The Morgan fingerprint density at radius 3 is 0.817 bits per heavy atom. The Morgan fingerprint density at radius 2 is 0.550 bits per heavy atom. The molecule has 0 atom stereocenters. The van der Waals surface area contributed by atoms with Crippen LogP contribution in [0.25, 0.3) is 0 Å². The molecule has 0 rings (SSSR count). The van der Waals surface area contributed by atoms with Gasteiger partial charge >= 0.3 is 17.9 Å². The first-order valence-electron chi connectivity index (χ1n) is 26.0. The smallest absolute Gasteiger partial charge is 0.305 e. The summed E-state index contributed by atoms with van der Waals surface area (Å²) in [7, 11) is 0. The van der Waals surface area contributed by atoms with Gasteiger partial charge in [-0.2, -0.15) is 0 Å². The van der Waals surface area contributed by atoms with Gasteiger partial charge in [-0.15, -0.1) is 0 Å². The number of ether oxygens (including phenoxy) is 3. The maximum atomic E-state index is 12.5. The number of aliphatic hydroxyl groups is 1. The first kappa shape index (κ1) is 58.3. The fraction of sp³-hybridized carbons (Fsp3) is 0.941. The average Bonchev–Trinajstić information content (AvgIpc) is 3.24. The molecule has 0 fully saturated rings. The number of esters is 3. The van der Waals surface area contributed by atoms with E-state index in [0.717, 1.165) is 103 Å². The van der Waals surface area contributed by atoms with Crippen molar-refractivity contribution in [1.29, 1.82) is 0 Å². The van der Waals surface area contributed by atoms with E-state index in [-0.39, 0.29) is 24.5 Å². The fourth-order valence-corrected chi connectivity index (χ4v) is 7.84. The first-order chi connectivity index (χ1) is 29.5. The summed E-state index contributed by atoms with van der Waals surface area (Å²) in [6.07, 6.45) is 38.6. The summed E-state index contributed by atoms with van der Waals surface area (Å²) in [6.45, 7) is 13.3. The number of hydrogen-bond acceptors (Lipinski definition) is 9. The van der Waals surface area contributed by atoms with Crippen LogP contribution in [-0.2, 0) is 28.6 Å². The molecule has 0 radical (unpaired) electrons. The molecule has 0 aliphatic heterocycles. The van der Waals surface area contributed by atoms with Gasteiger partial charge in [0.1, 0.15) is 0 Å². The second-order valence-electron chi connectivity index (χ2n) is 17.6. The summed E-state index contributed by atoms with van der Waals surface area (Å²) in [5.74, 6) is -0.339. The van der Waals surface area contributed by atoms with Crippen molar-refractivity contribution in [2.45, 2.75) is 245 Å². The van der Waals surface area contributed by atoms with Gasteiger partial charge in [0.05, 0.1) is 19.8 Å². The number of nitrogens with zero attached hydrogens (tertiary/aromatic N) is 2. The van der Waals surface area contributed by atoms with E-state index in [9.17, 15) is 19.5 Å². The fourth-order valence-electron chi connectivity index (χ4n) is 7.84. The third-order valence-corrected chi connectivity index (χ3v) is 11.7. The highest BCUT2D eigenvalue weighted by atomic mass is 16.5. The van der Waals surface area contributed by atoms with Crippen molar-refractivity contribution in [2.75, 3.05) is 65.7 Å². The van der Waals surface area contributed by atoms with Gasteiger partial charge in [0.15, 0.2) is 0 Å². The molecule has 0 aliphatic carbocycles. The van der Waals surface area contributed by atoms with Gasteiger partial charge in [0, 0.05) is 32.4 Å². The van der Waals surface area contributed by atoms with Gasteiger partial charge in [-0.1, -0.05) is 175 Å². The molecule has 0 amide bonds. The standard InChI is InChI=1S/C51H100N2O7/c1-4-7-10-13-16-19-22-25-28-46-58-49(55)36-31-39-52(40-32-37-50(56)59-47-29-26-23-20-17-14-11-8-5-2)42-34-43-53(44-35-45-54)41-33-38-51(57)60-48-30-27-24-21-18-15-12-9-6-3/h54H,4-48H2,1-3H3. The van der Waals surface area contributed by atoms with E-state index in [1.807, 2.05) is 0 Å². The quantitative estimate of drug-likeness (QED) is 0.0364. The van der Waals surface area contributed by atoms with E-state index in [1.165, 1.54) is 135 Å². The summed E-state index contributed by atoms with van der Waals surface area (Å²) in [5.41, 5.74) is 0. The Morgan fingerprint density at radius 1 is 0.317 bits per heavy atom. The maximum absolute atomic E-state index is 12.5. The number of unbranched alkanes of at least 4 members (excludes halogenated alkanes) is 24. The Labute approximate surface area is 371 Å². The minimum atomic E-state index is -0.114. The molecule has 1 N–H and O–H groups in total. The Kier molecular flexibility index (Phi) is 46.9. The first-order valence-corrected chi connectivity index (χ1v) is 26.0. The van der Waals surface area contributed by atoms with Crippen LogP contribution < -0.4 is 0 Å². The monoisotopic (exact) mass is 853 g/mol. The van der Waals surface area contributed by atoms with Crippen molar-refractivity contribution in [3.63, 3.8) is 0 Å². The van der Waals surface area contributed by atoms with Crippen LogP contribution in [0.5, 0.6) is 0 Å². The molecule has 60 heavy (non-hydrogen) atoms. The molecule has 0 saturated carbocycles. The number of hydrogen-bond donors (Lipinski definition) is 1. The molecule has 9 heteroatoms. The van der Waals surface area contributed by atoms with Crippen molar-refractivity contribution in [1.82, 2.24) is 9.80 Å². The highest BCUT2D eigenvalue weighted by molar-refractivity contribution is 5.70. The normalized spacial score (nSPS) is 11.5.